The average Bonchev–Trinajstić information content (AvgIpc) is 2.82. The molecule has 0 saturated carbocycles. The van der Waals surface area contributed by atoms with Crippen molar-refractivity contribution in [3.8, 4) is 0 Å². The molecule has 1 aromatic heterocycles. The maximum absolute atomic E-state index is 4.89. The van der Waals surface area contributed by atoms with Gasteiger partial charge in [0, 0.05) is 31.1 Å². The van der Waals surface area contributed by atoms with Crippen LogP contribution in [0.5, 0.6) is 0 Å². The summed E-state index contributed by atoms with van der Waals surface area (Å²) in [6.07, 6.45) is 8.75. The summed E-state index contributed by atoms with van der Waals surface area (Å²) in [7, 11) is 0. The molecule has 0 spiro atoms. The van der Waals surface area contributed by atoms with Gasteiger partial charge in [-0.15, -0.1) is 0 Å². The van der Waals surface area contributed by atoms with Gasteiger partial charge in [-0.2, -0.15) is 0 Å². The Balaban J connectivity index is 1.67. The van der Waals surface area contributed by atoms with Gasteiger partial charge in [0.25, 0.3) is 0 Å². The van der Waals surface area contributed by atoms with E-state index in [1.165, 1.54) is 63.3 Å². The van der Waals surface area contributed by atoms with Gasteiger partial charge in [0.05, 0.1) is 5.69 Å². The van der Waals surface area contributed by atoms with Gasteiger partial charge < -0.3 is 9.47 Å². The predicted octanol–water partition coefficient (Wildman–Crippen LogP) is 2.81. The van der Waals surface area contributed by atoms with Gasteiger partial charge in [0.15, 0.2) is 0 Å². The minimum absolute atomic E-state index is 0.696. The predicted molar refractivity (Wildman–Crippen MR) is 73.8 cm³/mol. The first-order valence-electron chi connectivity index (χ1n) is 7.54. The molecule has 18 heavy (non-hydrogen) atoms. The number of piperidine rings is 1. The van der Waals surface area contributed by atoms with Gasteiger partial charge in [-0.3, -0.25) is 0 Å². The van der Waals surface area contributed by atoms with Crippen LogP contribution in [-0.4, -0.2) is 33.6 Å². The van der Waals surface area contributed by atoms with E-state index in [0.29, 0.717) is 12.0 Å². The Morgan fingerprint density at radius 2 is 1.94 bits per heavy atom. The number of imidazole rings is 1. The number of hydrogen-bond donors (Lipinski definition) is 0. The highest BCUT2D eigenvalue weighted by molar-refractivity contribution is 5.12. The molecule has 3 heterocycles. The third-order valence-electron chi connectivity index (χ3n) is 4.61. The molecule has 0 bridgehead atoms. The maximum Gasteiger partial charge on any atom is 0.108 e. The van der Waals surface area contributed by atoms with Crippen LogP contribution < -0.4 is 0 Å². The van der Waals surface area contributed by atoms with E-state index in [1.807, 2.05) is 0 Å². The van der Waals surface area contributed by atoms with Gasteiger partial charge in [-0.05, 0) is 52.6 Å². The minimum Gasteiger partial charge on any atom is -0.335 e. The molecule has 3 nitrogen and oxygen atoms in total. The van der Waals surface area contributed by atoms with Crippen LogP contribution in [0, 0.1) is 0 Å². The summed E-state index contributed by atoms with van der Waals surface area (Å²) in [6.45, 7) is 8.27. The SMILES string of the molecule is CC(C)N1CCC(c2cn3c(n2)CCCC3)CC1. The molecule has 0 atom stereocenters. The van der Waals surface area contributed by atoms with E-state index in [1.54, 1.807) is 0 Å². The molecule has 1 saturated heterocycles. The second-order valence-electron chi connectivity index (χ2n) is 6.14. The number of rotatable bonds is 2. The smallest absolute Gasteiger partial charge is 0.108 e. The summed E-state index contributed by atoms with van der Waals surface area (Å²) in [4.78, 5) is 7.48. The first kappa shape index (κ1) is 12.2. The van der Waals surface area contributed by atoms with Crippen LogP contribution in [0.2, 0.25) is 0 Å². The fraction of sp³-hybridized carbons (Fsp3) is 0.800. The zero-order chi connectivity index (χ0) is 12.5. The van der Waals surface area contributed by atoms with Gasteiger partial charge in [0.2, 0.25) is 0 Å². The number of fused-ring (bicyclic) bond motifs is 1. The fourth-order valence-corrected chi connectivity index (χ4v) is 3.34. The highest BCUT2D eigenvalue weighted by Crippen LogP contribution is 2.29. The molecule has 1 fully saturated rings. The van der Waals surface area contributed by atoms with Crippen LogP contribution in [-0.2, 0) is 13.0 Å². The molecule has 0 radical (unpaired) electrons. The van der Waals surface area contributed by atoms with Crippen molar-refractivity contribution in [2.24, 2.45) is 0 Å². The quantitative estimate of drug-likeness (QED) is 0.801. The molecule has 0 amide bonds. The van der Waals surface area contributed by atoms with Crippen molar-refractivity contribution in [1.82, 2.24) is 14.5 Å². The monoisotopic (exact) mass is 247 g/mol. The first-order chi connectivity index (χ1) is 8.74. The van der Waals surface area contributed by atoms with Crippen molar-refractivity contribution in [3.05, 3.63) is 17.7 Å². The molecule has 0 unspecified atom stereocenters. The van der Waals surface area contributed by atoms with Crippen molar-refractivity contribution in [1.29, 1.82) is 0 Å². The number of aromatic nitrogens is 2. The fourth-order valence-electron chi connectivity index (χ4n) is 3.34. The maximum atomic E-state index is 4.89. The second-order valence-corrected chi connectivity index (χ2v) is 6.14. The van der Waals surface area contributed by atoms with Crippen molar-refractivity contribution in [3.63, 3.8) is 0 Å². The number of hydrogen-bond acceptors (Lipinski definition) is 2. The van der Waals surface area contributed by atoms with Crippen molar-refractivity contribution < 1.29 is 0 Å². The van der Waals surface area contributed by atoms with Gasteiger partial charge in [-0.25, -0.2) is 4.98 Å². The third kappa shape index (κ3) is 2.33. The van der Waals surface area contributed by atoms with Crippen LogP contribution >= 0.6 is 0 Å². The van der Waals surface area contributed by atoms with E-state index in [2.05, 4.69) is 29.5 Å². The number of aryl methyl sites for hydroxylation is 2. The molecule has 0 aliphatic carbocycles. The summed E-state index contributed by atoms with van der Waals surface area (Å²) < 4.78 is 2.40. The zero-order valence-electron chi connectivity index (χ0n) is 11.7. The van der Waals surface area contributed by atoms with Crippen LogP contribution in [0.4, 0.5) is 0 Å². The molecule has 3 rings (SSSR count). The van der Waals surface area contributed by atoms with E-state index >= 15 is 0 Å². The molecular weight excluding hydrogens is 222 g/mol. The van der Waals surface area contributed by atoms with Gasteiger partial charge in [0.1, 0.15) is 5.82 Å². The minimum atomic E-state index is 0.696. The average molecular weight is 247 g/mol. The third-order valence-corrected chi connectivity index (χ3v) is 4.61. The standard InChI is InChI=1S/C15H25N3/c1-12(2)17-9-6-13(7-10-17)14-11-18-8-4-3-5-15(18)16-14/h11-13H,3-10H2,1-2H3. The molecule has 100 valence electrons. The lowest BCUT2D eigenvalue weighted by molar-refractivity contribution is 0.171. The van der Waals surface area contributed by atoms with E-state index < -0.39 is 0 Å². The Kier molecular flexibility index (Phi) is 3.42. The van der Waals surface area contributed by atoms with E-state index in [-0.39, 0.29) is 0 Å². The van der Waals surface area contributed by atoms with E-state index in [9.17, 15) is 0 Å². The molecule has 0 N–H and O–H groups in total. The zero-order valence-corrected chi connectivity index (χ0v) is 11.7. The first-order valence-corrected chi connectivity index (χ1v) is 7.54. The lowest BCUT2D eigenvalue weighted by Gasteiger charge is -2.33. The molecular formula is C15H25N3. The molecule has 2 aliphatic rings. The van der Waals surface area contributed by atoms with E-state index in [0.717, 1.165) is 0 Å². The van der Waals surface area contributed by atoms with Gasteiger partial charge in [-0.1, -0.05) is 0 Å². The van der Waals surface area contributed by atoms with Crippen molar-refractivity contribution >= 4 is 0 Å². The lowest BCUT2D eigenvalue weighted by Crippen LogP contribution is -2.37. The Bertz CT molecular complexity index is 376. The summed E-state index contributed by atoms with van der Waals surface area (Å²) in [5, 5.41) is 0. The second kappa shape index (κ2) is 5.04. The Labute approximate surface area is 110 Å². The summed E-state index contributed by atoms with van der Waals surface area (Å²) >= 11 is 0. The molecule has 0 aromatic carbocycles. The van der Waals surface area contributed by atoms with Crippen molar-refractivity contribution in [2.45, 2.75) is 64.5 Å². The Morgan fingerprint density at radius 1 is 1.17 bits per heavy atom. The molecule has 3 heteroatoms. The normalized spacial score (nSPS) is 22.4. The number of nitrogens with zero attached hydrogens (tertiary/aromatic N) is 3. The molecule has 1 aromatic rings. The van der Waals surface area contributed by atoms with Crippen LogP contribution in [0.15, 0.2) is 6.20 Å². The highest BCUT2D eigenvalue weighted by Gasteiger charge is 2.25. The van der Waals surface area contributed by atoms with Crippen LogP contribution in [0.3, 0.4) is 0 Å². The highest BCUT2D eigenvalue weighted by atomic mass is 15.2. The summed E-state index contributed by atoms with van der Waals surface area (Å²) in [5.41, 5.74) is 1.37. The molecule has 2 aliphatic heterocycles. The number of likely N-dealkylation sites (tertiary alicyclic amines) is 1. The summed E-state index contributed by atoms with van der Waals surface area (Å²) in [5.74, 6) is 2.04. The largest absolute Gasteiger partial charge is 0.335 e. The Hall–Kier alpha value is -0.830. The van der Waals surface area contributed by atoms with Gasteiger partial charge >= 0.3 is 0 Å². The van der Waals surface area contributed by atoms with Crippen LogP contribution in [0.25, 0.3) is 0 Å². The van der Waals surface area contributed by atoms with E-state index in [4.69, 9.17) is 4.98 Å². The van der Waals surface area contributed by atoms with Crippen molar-refractivity contribution in [2.75, 3.05) is 13.1 Å². The summed E-state index contributed by atoms with van der Waals surface area (Å²) in [6, 6.07) is 0.696. The van der Waals surface area contributed by atoms with Crippen LogP contribution in [0.1, 0.15) is 57.0 Å². The lowest BCUT2D eigenvalue weighted by atomic mass is 9.93. The topological polar surface area (TPSA) is 21.1 Å². The Morgan fingerprint density at radius 3 is 2.61 bits per heavy atom.